The molecule has 0 aliphatic rings. The molecule has 0 saturated carbocycles. The van der Waals surface area contributed by atoms with Crippen LogP contribution in [0.1, 0.15) is 24.2 Å². The van der Waals surface area contributed by atoms with Crippen molar-refractivity contribution in [3.05, 3.63) is 54.4 Å². The molecule has 0 unspecified atom stereocenters. The van der Waals surface area contributed by atoms with Crippen LogP contribution < -0.4 is 15.4 Å². The number of ether oxygens (including phenoxy) is 2. The van der Waals surface area contributed by atoms with Gasteiger partial charge in [0.05, 0.1) is 32.6 Å². The molecule has 0 radical (unpaired) electrons. The first-order chi connectivity index (χ1) is 15.4. The van der Waals surface area contributed by atoms with Gasteiger partial charge in [-0.15, -0.1) is 0 Å². The van der Waals surface area contributed by atoms with Crippen molar-refractivity contribution in [2.24, 2.45) is 5.92 Å². The van der Waals surface area contributed by atoms with Crippen molar-refractivity contribution in [2.75, 3.05) is 31.5 Å². The minimum absolute atomic E-state index is 0.0462. The van der Waals surface area contributed by atoms with Gasteiger partial charge in [0.1, 0.15) is 17.1 Å². The van der Waals surface area contributed by atoms with Crippen LogP contribution in [0.4, 0.5) is 17.5 Å². The molecule has 0 spiro atoms. The topological polar surface area (TPSA) is 118 Å². The van der Waals surface area contributed by atoms with Gasteiger partial charge in [-0.05, 0) is 30.2 Å². The summed E-state index contributed by atoms with van der Waals surface area (Å²) in [6.45, 7) is 3.97. The number of hydrogen-bond acceptors (Lipinski definition) is 9. The highest BCUT2D eigenvalue weighted by atomic mass is 16.5. The van der Waals surface area contributed by atoms with Crippen molar-refractivity contribution in [3.63, 3.8) is 0 Å². The van der Waals surface area contributed by atoms with Gasteiger partial charge < -0.3 is 25.2 Å². The third-order valence-corrected chi connectivity index (χ3v) is 4.90. The van der Waals surface area contributed by atoms with E-state index in [9.17, 15) is 9.90 Å². The van der Waals surface area contributed by atoms with E-state index in [0.717, 1.165) is 5.56 Å². The molecule has 3 aromatic rings. The summed E-state index contributed by atoms with van der Waals surface area (Å²) < 4.78 is 10.1. The third-order valence-electron chi connectivity index (χ3n) is 4.90. The molecule has 9 nitrogen and oxygen atoms in total. The first kappa shape index (κ1) is 23.0. The Balaban J connectivity index is 1.98. The van der Waals surface area contributed by atoms with E-state index < -0.39 is 5.97 Å². The number of aliphatic hydroxyl groups is 1. The van der Waals surface area contributed by atoms with Crippen LogP contribution in [0.2, 0.25) is 0 Å². The molecule has 2 aromatic heterocycles. The van der Waals surface area contributed by atoms with Gasteiger partial charge in [0, 0.05) is 35.8 Å². The van der Waals surface area contributed by atoms with Crippen LogP contribution in [0.15, 0.2) is 48.8 Å². The highest BCUT2D eigenvalue weighted by molar-refractivity contribution is 5.93. The van der Waals surface area contributed by atoms with E-state index in [-0.39, 0.29) is 18.6 Å². The molecule has 3 N–H and O–H groups in total. The smallest absolute Gasteiger partial charge is 0.341 e. The molecular weight excluding hydrogens is 410 g/mol. The molecule has 0 fully saturated rings. The molecule has 1 atom stereocenters. The Hall–Kier alpha value is -3.72. The van der Waals surface area contributed by atoms with Crippen molar-refractivity contribution < 1.29 is 19.4 Å². The van der Waals surface area contributed by atoms with E-state index >= 15 is 0 Å². The van der Waals surface area contributed by atoms with Gasteiger partial charge in [-0.25, -0.2) is 9.78 Å². The second-order valence-electron chi connectivity index (χ2n) is 7.41. The Labute approximate surface area is 186 Å². The molecule has 9 heteroatoms. The van der Waals surface area contributed by atoms with Crippen LogP contribution in [-0.4, -0.2) is 52.9 Å². The number of pyridine rings is 1. The SMILES string of the molecule is COC(=O)c1ccc(Nc2cc(-c3ccncc3)nc(N[C@H](CO)C(C)C)n2)cc1OC. The summed E-state index contributed by atoms with van der Waals surface area (Å²) in [6.07, 6.45) is 3.39. The van der Waals surface area contributed by atoms with Crippen molar-refractivity contribution in [1.29, 1.82) is 0 Å². The number of nitrogens with one attached hydrogen (secondary N) is 2. The lowest BCUT2D eigenvalue weighted by Gasteiger charge is -2.21. The van der Waals surface area contributed by atoms with Gasteiger partial charge in [0.25, 0.3) is 0 Å². The monoisotopic (exact) mass is 437 g/mol. The lowest BCUT2D eigenvalue weighted by atomic mass is 10.1. The summed E-state index contributed by atoms with van der Waals surface area (Å²) in [5.74, 6) is 0.990. The van der Waals surface area contributed by atoms with Crippen LogP contribution in [0.3, 0.4) is 0 Å². The van der Waals surface area contributed by atoms with Crippen molar-refractivity contribution >= 4 is 23.4 Å². The number of carbonyl (C=O) groups is 1. The molecule has 0 aliphatic heterocycles. The molecule has 2 heterocycles. The number of anilines is 3. The second-order valence-corrected chi connectivity index (χ2v) is 7.41. The average Bonchev–Trinajstić information content (AvgIpc) is 2.82. The maximum Gasteiger partial charge on any atom is 0.341 e. The summed E-state index contributed by atoms with van der Waals surface area (Å²) in [6, 6.07) is 10.4. The standard InChI is InChI=1S/C23H27N5O4/c1-14(2)19(13-29)27-23-26-18(15-7-9-24-10-8-15)12-21(28-23)25-16-5-6-17(22(30)32-4)20(11-16)31-3/h5-12,14,19,29H,13H2,1-4H3,(H2,25,26,27,28)/t19-/m1/s1. The van der Waals surface area contributed by atoms with Gasteiger partial charge >= 0.3 is 5.97 Å². The summed E-state index contributed by atoms with van der Waals surface area (Å²) in [5, 5.41) is 16.1. The van der Waals surface area contributed by atoms with Gasteiger partial charge in [0.15, 0.2) is 0 Å². The molecule has 0 aliphatic carbocycles. The predicted molar refractivity (Wildman–Crippen MR) is 122 cm³/mol. The van der Waals surface area contributed by atoms with E-state index in [2.05, 4.69) is 25.6 Å². The maximum absolute atomic E-state index is 11.9. The fourth-order valence-corrected chi connectivity index (χ4v) is 3.03. The minimum Gasteiger partial charge on any atom is -0.496 e. The van der Waals surface area contributed by atoms with Crippen LogP contribution in [0.25, 0.3) is 11.3 Å². The molecule has 0 amide bonds. The van der Waals surface area contributed by atoms with E-state index in [4.69, 9.17) is 9.47 Å². The van der Waals surface area contributed by atoms with Crippen molar-refractivity contribution in [3.8, 4) is 17.0 Å². The van der Waals surface area contributed by atoms with Crippen LogP contribution >= 0.6 is 0 Å². The molecule has 32 heavy (non-hydrogen) atoms. The number of carbonyl (C=O) groups excluding carboxylic acids is 1. The molecule has 3 rings (SSSR count). The fourth-order valence-electron chi connectivity index (χ4n) is 3.03. The molecular formula is C23H27N5O4. The number of nitrogens with zero attached hydrogens (tertiary/aromatic N) is 3. The fraction of sp³-hybridized carbons (Fsp3) is 0.304. The minimum atomic E-state index is -0.481. The number of aromatic nitrogens is 3. The number of methoxy groups -OCH3 is 2. The largest absolute Gasteiger partial charge is 0.496 e. The van der Waals surface area contributed by atoms with Crippen molar-refractivity contribution in [1.82, 2.24) is 15.0 Å². The Morgan fingerprint density at radius 2 is 1.84 bits per heavy atom. The molecule has 0 bridgehead atoms. The summed E-state index contributed by atoms with van der Waals surface area (Å²) >= 11 is 0. The Morgan fingerprint density at radius 1 is 1.09 bits per heavy atom. The summed E-state index contributed by atoms with van der Waals surface area (Å²) in [5.41, 5.74) is 2.55. The Kier molecular flexibility index (Phi) is 7.56. The van der Waals surface area contributed by atoms with Gasteiger partial charge in [-0.3, -0.25) is 4.98 Å². The summed E-state index contributed by atoms with van der Waals surface area (Å²) in [7, 11) is 2.81. The van der Waals surface area contributed by atoms with Crippen LogP contribution in [0.5, 0.6) is 5.75 Å². The van der Waals surface area contributed by atoms with Gasteiger partial charge in [-0.2, -0.15) is 4.98 Å². The molecule has 0 saturated heterocycles. The second kappa shape index (κ2) is 10.5. The third kappa shape index (κ3) is 5.50. The number of aliphatic hydroxyl groups excluding tert-OH is 1. The maximum atomic E-state index is 11.9. The van der Waals surface area contributed by atoms with Gasteiger partial charge in [0.2, 0.25) is 5.95 Å². The lowest BCUT2D eigenvalue weighted by Crippen LogP contribution is -2.30. The highest BCUT2D eigenvalue weighted by Gasteiger charge is 2.16. The van der Waals surface area contributed by atoms with Crippen LogP contribution in [-0.2, 0) is 4.74 Å². The first-order valence-electron chi connectivity index (χ1n) is 10.2. The predicted octanol–water partition coefficient (Wildman–Crippen LogP) is 3.51. The van der Waals surface area contributed by atoms with E-state index in [1.807, 2.05) is 32.0 Å². The summed E-state index contributed by atoms with van der Waals surface area (Å²) in [4.78, 5) is 25.1. The van der Waals surface area contributed by atoms with E-state index in [1.54, 1.807) is 30.6 Å². The number of benzene rings is 1. The van der Waals surface area contributed by atoms with Crippen LogP contribution in [0, 0.1) is 5.92 Å². The Morgan fingerprint density at radius 3 is 2.47 bits per heavy atom. The zero-order valence-corrected chi connectivity index (χ0v) is 18.5. The van der Waals surface area contributed by atoms with Gasteiger partial charge in [-0.1, -0.05) is 13.8 Å². The normalized spacial score (nSPS) is 11.7. The van der Waals surface area contributed by atoms with E-state index in [0.29, 0.717) is 34.5 Å². The quantitative estimate of drug-likeness (QED) is 0.432. The number of rotatable bonds is 9. The highest BCUT2D eigenvalue weighted by Crippen LogP contribution is 2.28. The van der Waals surface area contributed by atoms with E-state index in [1.165, 1.54) is 14.2 Å². The number of esters is 1. The first-order valence-corrected chi connectivity index (χ1v) is 10.2. The molecule has 168 valence electrons. The average molecular weight is 438 g/mol. The molecule has 1 aromatic carbocycles. The zero-order valence-electron chi connectivity index (χ0n) is 18.5. The zero-order chi connectivity index (χ0) is 23.1. The lowest BCUT2D eigenvalue weighted by molar-refractivity contribution is 0.0597. The van der Waals surface area contributed by atoms with Crippen molar-refractivity contribution in [2.45, 2.75) is 19.9 Å². The Bertz CT molecular complexity index is 1060. The number of hydrogen-bond donors (Lipinski definition) is 3.